The fourth-order valence-electron chi connectivity index (χ4n) is 2.78. The van der Waals surface area contributed by atoms with Crippen LogP contribution in [0.2, 0.25) is 5.02 Å². The van der Waals surface area contributed by atoms with Gasteiger partial charge in [0.05, 0.1) is 23.2 Å². The number of ether oxygens (including phenoxy) is 1. The Morgan fingerprint density at radius 2 is 2.00 bits per heavy atom. The Kier molecular flexibility index (Phi) is 4.34. The lowest BCUT2D eigenvalue weighted by Gasteiger charge is -2.08. The molecular formula is C18H19ClN2O. The fraction of sp³-hybridized carbons (Fsp3) is 0.278. The Morgan fingerprint density at radius 1 is 1.18 bits per heavy atom. The van der Waals surface area contributed by atoms with Crippen LogP contribution in [0, 0.1) is 6.92 Å². The molecule has 0 aliphatic rings. The average Bonchev–Trinajstić information content (AvgIpc) is 2.83. The first-order valence-corrected chi connectivity index (χ1v) is 7.81. The number of hydrogen-bond acceptors (Lipinski definition) is 2. The van der Waals surface area contributed by atoms with E-state index >= 15 is 0 Å². The molecule has 0 aliphatic carbocycles. The van der Waals surface area contributed by atoms with Crippen LogP contribution in [0.1, 0.15) is 17.8 Å². The number of benzene rings is 2. The highest BCUT2D eigenvalue weighted by atomic mass is 35.5. The lowest BCUT2D eigenvalue weighted by molar-refractivity contribution is 0.415. The Morgan fingerprint density at radius 3 is 2.77 bits per heavy atom. The minimum atomic E-state index is 0.671. The van der Waals surface area contributed by atoms with Crippen molar-refractivity contribution >= 4 is 22.6 Å². The fourth-order valence-corrected chi connectivity index (χ4v) is 3.07. The zero-order valence-electron chi connectivity index (χ0n) is 12.8. The van der Waals surface area contributed by atoms with E-state index in [4.69, 9.17) is 16.3 Å². The molecule has 4 heteroatoms. The second kappa shape index (κ2) is 6.41. The summed E-state index contributed by atoms with van der Waals surface area (Å²) < 4.78 is 7.46. The minimum Gasteiger partial charge on any atom is -0.495 e. The lowest BCUT2D eigenvalue weighted by Crippen LogP contribution is -2.02. The minimum absolute atomic E-state index is 0.671. The number of aromatic nitrogens is 2. The van der Waals surface area contributed by atoms with Crippen molar-refractivity contribution in [1.82, 2.24) is 9.55 Å². The molecule has 22 heavy (non-hydrogen) atoms. The maximum Gasteiger partial charge on any atom is 0.137 e. The third kappa shape index (κ3) is 2.95. The standard InChI is InChI=1S/C18H19ClN2O/c1-13-20-16-7-3-4-8-17(16)21(13)11-5-6-14-9-10-18(22-2)15(19)12-14/h3-4,7-10,12H,5-6,11H2,1-2H3. The molecule has 0 spiro atoms. The van der Waals surface area contributed by atoms with Crippen LogP contribution in [-0.2, 0) is 13.0 Å². The Balaban J connectivity index is 1.70. The molecule has 0 saturated carbocycles. The van der Waals surface area contributed by atoms with E-state index in [2.05, 4.69) is 40.7 Å². The van der Waals surface area contributed by atoms with Gasteiger partial charge in [0, 0.05) is 6.54 Å². The highest BCUT2D eigenvalue weighted by Crippen LogP contribution is 2.25. The van der Waals surface area contributed by atoms with Gasteiger partial charge >= 0.3 is 0 Å². The summed E-state index contributed by atoms with van der Waals surface area (Å²) in [5.41, 5.74) is 3.49. The molecule has 1 aromatic heterocycles. The van der Waals surface area contributed by atoms with Gasteiger partial charge in [-0.15, -0.1) is 0 Å². The van der Waals surface area contributed by atoms with Crippen molar-refractivity contribution in [3.05, 3.63) is 58.9 Å². The van der Waals surface area contributed by atoms with Crippen molar-refractivity contribution in [3.8, 4) is 5.75 Å². The van der Waals surface area contributed by atoms with Crippen LogP contribution in [0.25, 0.3) is 11.0 Å². The van der Waals surface area contributed by atoms with Crippen LogP contribution in [0.3, 0.4) is 0 Å². The third-order valence-corrected chi connectivity index (χ3v) is 4.20. The van der Waals surface area contributed by atoms with Crippen molar-refractivity contribution in [3.63, 3.8) is 0 Å². The molecule has 1 heterocycles. The maximum absolute atomic E-state index is 6.17. The van der Waals surface area contributed by atoms with E-state index in [-0.39, 0.29) is 0 Å². The molecule has 0 amide bonds. The number of fused-ring (bicyclic) bond motifs is 1. The van der Waals surface area contributed by atoms with Crippen molar-refractivity contribution in [2.45, 2.75) is 26.3 Å². The Bertz CT molecular complexity index is 795. The highest BCUT2D eigenvalue weighted by Gasteiger charge is 2.07. The second-order valence-electron chi connectivity index (χ2n) is 5.37. The van der Waals surface area contributed by atoms with E-state index in [0.29, 0.717) is 5.02 Å². The number of halogens is 1. The van der Waals surface area contributed by atoms with Crippen LogP contribution >= 0.6 is 11.6 Å². The molecule has 0 aliphatic heterocycles. The monoisotopic (exact) mass is 314 g/mol. The molecule has 0 radical (unpaired) electrons. The molecule has 3 aromatic rings. The summed E-state index contributed by atoms with van der Waals surface area (Å²) in [7, 11) is 1.63. The maximum atomic E-state index is 6.17. The quantitative estimate of drug-likeness (QED) is 0.686. The van der Waals surface area contributed by atoms with Gasteiger partial charge in [-0.2, -0.15) is 0 Å². The smallest absolute Gasteiger partial charge is 0.137 e. The molecule has 0 saturated heterocycles. The highest BCUT2D eigenvalue weighted by molar-refractivity contribution is 6.32. The molecule has 0 atom stereocenters. The third-order valence-electron chi connectivity index (χ3n) is 3.91. The van der Waals surface area contributed by atoms with Crippen molar-refractivity contribution in [2.24, 2.45) is 0 Å². The van der Waals surface area contributed by atoms with Gasteiger partial charge in [0.25, 0.3) is 0 Å². The molecule has 3 nitrogen and oxygen atoms in total. The Labute approximate surface area is 135 Å². The summed E-state index contributed by atoms with van der Waals surface area (Å²) in [6.07, 6.45) is 2.03. The van der Waals surface area contributed by atoms with Gasteiger partial charge in [0.15, 0.2) is 0 Å². The zero-order valence-corrected chi connectivity index (χ0v) is 13.6. The van der Waals surface area contributed by atoms with E-state index in [1.807, 2.05) is 18.2 Å². The molecule has 114 valence electrons. The van der Waals surface area contributed by atoms with Crippen LogP contribution in [0.5, 0.6) is 5.75 Å². The van der Waals surface area contributed by atoms with E-state index in [0.717, 1.165) is 36.5 Å². The number of hydrogen-bond donors (Lipinski definition) is 0. The molecule has 0 bridgehead atoms. The first-order chi connectivity index (χ1) is 10.7. The van der Waals surface area contributed by atoms with Gasteiger partial charge in [0.2, 0.25) is 0 Å². The summed E-state index contributed by atoms with van der Waals surface area (Å²) in [5, 5.41) is 0.671. The average molecular weight is 315 g/mol. The van der Waals surface area contributed by atoms with Gasteiger partial charge in [-0.05, 0) is 49.6 Å². The number of aryl methyl sites for hydroxylation is 3. The first-order valence-electron chi connectivity index (χ1n) is 7.43. The molecule has 0 unspecified atom stereocenters. The summed E-state index contributed by atoms with van der Waals surface area (Å²) in [6, 6.07) is 14.3. The number of rotatable bonds is 5. The van der Waals surface area contributed by atoms with Crippen LogP contribution in [-0.4, -0.2) is 16.7 Å². The number of methoxy groups -OCH3 is 1. The van der Waals surface area contributed by atoms with Gasteiger partial charge in [-0.1, -0.05) is 29.8 Å². The topological polar surface area (TPSA) is 27.1 Å². The Hall–Kier alpha value is -2.00. The largest absolute Gasteiger partial charge is 0.495 e. The van der Waals surface area contributed by atoms with Crippen molar-refractivity contribution < 1.29 is 4.74 Å². The van der Waals surface area contributed by atoms with Gasteiger partial charge < -0.3 is 9.30 Å². The van der Waals surface area contributed by atoms with Crippen LogP contribution < -0.4 is 4.74 Å². The van der Waals surface area contributed by atoms with Gasteiger partial charge in [-0.25, -0.2) is 4.98 Å². The summed E-state index contributed by atoms with van der Waals surface area (Å²) in [4.78, 5) is 4.60. The number of imidazole rings is 1. The number of nitrogens with zero attached hydrogens (tertiary/aromatic N) is 2. The van der Waals surface area contributed by atoms with Crippen LogP contribution in [0.15, 0.2) is 42.5 Å². The lowest BCUT2D eigenvalue weighted by atomic mass is 10.1. The van der Waals surface area contributed by atoms with E-state index in [1.165, 1.54) is 11.1 Å². The second-order valence-corrected chi connectivity index (χ2v) is 5.78. The van der Waals surface area contributed by atoms with Crippen LogP contribution in [0.4, 0.5) is 0 Å². The first kappa shape index (κ1) is 14.9. The van der Waals surface area contributed by atoms with Gasteiger partial charge in [-0.3, -0.25) is 0 Å². The predicted octanol–water partition coefficient (Wildman–Crippen LogP) is 4.64. The van der Waals surface area contributed by atoms with E-state index in [9.17, 15) is 0 Å². The normalized spacial score (nSPS) is 11.0. The summed E-state index contributed by atoms with van der Waals surface area (Å²) in [5.74, 6) is 1.79. The van der Waals surface area contributed by atoms with E-state index in [1.54, 1.807) is 7.11 Å². The molecule has 0 N–H and O–H groups in total. The predicted molar refractivity (Wildman–Crippen MR) is 90.8 cm³/mol. The SMILES string of the molecule is COc1ccc(CCCn2c(C)nc3ccccc32)cc1Cl. The molecular weight excluding hydrogens is 296 g/mol. The molecule has 0 fully saturated rings. The van der Waals surface area contributed by atoms with Gasteiger partial charge in [0.1, 0.15) is 11.6 Å². The number of para-hydroxylation sites is 2. The van der Waals surface area contributed by atoms with Crippen molar-refractivity contribution in [2.75, 3.05) is 7.11 Å². The van der Waals surface area contributed by atoms with E-state index < -0.39 is 0 Å². The summed E-state index contributed by atoms with van der Waals surface area (Å²) >= 11 is 6.17. The summed E-state index contributed by atoms with van der Waals surface area (Å²) in [6.45, 7) is 3.01. The van der Waals surface area contributed by atoms with Crippen molar-refractivity contribution in [1.29, 1.82) is 0 Å². The zero-order chi connectivity index (χ0) is 15.5. The molecule has 3 rings (SSSR count). The molecule has 2 aromatic carbocycles.